The van der Waals surface area contributed by atoms with Crippen LogP contribution in [-0.4, -0.2) is 34.1 Å². The van der Waals surface area contributed by atoms with E-state index < -0.39 is 0 Å². The summed E-state index contributed by atoms with van der Waals surface area (Å²) in [6.45, 7) is 2.58. The van der Waals surface area contributed by atoms with Crippen molar-refractivity contribution in [2.24, 2.45) is 0 Å². The quantitative estimate of drug-likeness (QED) is 0.864. The first-order valence-corrected chi connectivity index (χ1v) is 9.46. The maximum absolute atomic E-state index is 12.7. The molecule has 0 atom stereocenters. The molecule has 0 saturated heterocycles. The molecule has 140 valence electrons. The Morgan fingerprint density at radius 1 is 1.33 bits per heavy atom. The van der Waals surface area contributed by atoms with Crippen LogP contribution in [0.1, 0.15) is 47.3 Å². The molecule has 3 heterocycles. The zero-order valence-electron chi connectivity index (χ0n) is 15.1. The number of hydrogen-bond donors (Lipinski definition) is 2. The van der Waals surface area contributed by atoms with Gasteiger partial charge in [-0.2, -0.15) is 5.26 Å². The van der Waals surface area contributed by atoms with Gasteiger partial charge in [0, 0.05) is 43.8 Å². The van der Waals surface area contributed by atoms with E-state index in [-0.39, 0.29) is 18.1 Å². The SMILES string of the molecule is N#Cc1cccnc1OC1CCC(NC(=O)c2ccn3c2CNCC3)CC1. The number of nitrogens with zero attached hydrogens (tertiary/aromatic N) is 3. The average molecular weight is 365 g/mol. The zero-order valence-corrected chi connectivity index (χ0v) is 15.1. The lowest BCUT2D eigenvalue weighted by Crippen LogP contribution is -2.40. The van der Waals surface area contributed by atoms with E-state index in [0.29, 0.717) is 11.4 Å². The minimum atomic E-state index is 0.00770. The van der Waals surface area contributed by atoms with Crippen LogP contribution in [0, 0.1) is 11.3 Å². The van der Waals surface area contributed by atoms with Gasteiger partial charge in [-0.1, -0.05) is 0 Å². The number of aromatic nitrogens is 2. The summed E-state index contributed by atoms with van der Waals surface area (Å²) in [6, 6.07) is 7.62. The van der Waals surface area contributed by atoms with E-state index >= 15 is 0 Å². The molecule has 2 aromatic heterocycles. The Labute approximate surface area is 158 Å². The molecule has 0 unspecified atom stereocenters. The normalized spacial score (nSPS) is 21.7. The van der Waals surface area contributed by atoms with Crippen molar-refractivity contribution in [1.82, 2.24) is 20.2 Å². The molecule has 7 heteroatoms. The molecule has 0 spiro atoms. The van der Waals surface area contributed by atoms with E-state index in [1.807, 2.05) is 12.3 Å². The summed E-state index contributed by atoms with van der Waals surface area (Å²) in [4.78, 5) is 16.8. The van der Waals surface area contributed by atoms with Crippen LogP contribution in [0.15, 0.2) is 30.6 Å². The highest BCUT2D eigenvalue weighted by Gasteiger charge is 2.26. The molecule has 1 aliphatic carbocycles. The monoisotopic (exact) mass is 365 g/mol. The number of carbonyl (C=O) groups excluding carboxylic acids is 1. The number of fused-ring (bicyclic) bond motifs is 1. The summed E-state index contributed by atoms with van der Waals surface area (Å²) in [7, 11) is 0. The molecule has 2 aromatic rings. The van der Waals surface area contributed by atoms with Crippen molar-refractivity contribution in [2.45, 2.75) is 50.9 Å². The van der Waals surface area contributed by atoms with Gasteiger partial charge in [-0.15, -0.1) is 0 Å². The van der Waals surface area contributed by atoms with Crippen molar-refractivity contribution in [3.8, 4) is 11.9 Å². The lowest BCUT2D eigenvalue weighted by atomic mass is 9.92. The first-order chi connectivity index (χ1) is 13.2. The minimum Gasteiger partial charge on any atom is -0.473 e. The molecule has 27 heavy (non-hydrogen) atoms. The van der Waals surface area contributed by atoms with Gasteiger partial charge < -0.3 is 19.9 Å². The molecule has 0 radical (unpaired) electrons. The van der Waals surface area contributed by atoms with E-state index in [2.05, 4.69) is 26.3 Å². The van der Waals surface area contributed by atoms with Gasteiger partial charge in [0.25, 0.3) is 5.91 Å². The maximum Gasteiger partial charge on any atom is 0.253 e. The summed E-state index contributed by atoms with van der Waals surface area (Å²) >= 11 is 0. The number of nitriles is 1. The first kappa shape index (κ1) is 17.6. The number of hydrogen-bond acceptors (Lipinski definition) is 5. The van der Waals surface area contributed by atoms with Gasteiger partial charge in [-0.05, 0) is 43.9 Å². The van der Waals surface area contributed by atoms with Crippen molar-refractivity contribution < 1.29 is 9.53 Å². The molecule has 1 saturated carbocycles. The highest BCUT2D eigenvalue weighted by atomic mass is 16.5. The van der Waals surface area contributed by atoms with Crippen LogP contribution >= 0.6 is 0 Å². The molecule has 4 rings (SSSR count). The second-order valence-corrected chi connectivity index (χ2v) is 7.08. The largest absolute Gasteiger partial charge is 0.473 e. The first-order valence-electron chi connectivity index (χ1n) is 9.46. The summed E-state index contributed by atoms with van der Waals surface area (Å²) < 4.78 is 8.07. The third kappa shape index (κ3) is 3.81. The van der Waals surface area contributed by atoms with Crippen molar-refractivity contribution in [1.29, 1.82) is 5.26 Å². The standard InChI is InChI=1S/C20H23N5O2/c21-12-14-2-1-8-23-20(14)27-16-5-3-15(4-6-16)24-19(26)17-7-10-25-11-9-22-13-18(17)25/h1-2,7-8,10,15-16,22H,3-6,9,11,13H2,(H,24,26). The highest BCUT2D eigenvalue weighted by molar-refractivity contribution is 5.95. The number of pyridine rings is 1. The summed E-state index contributed by atoms with van der Waals surface area (Å²) in [5, 5.41) is 15.6. The Bertz CT molecular complexity index is 861. The van der Waals surface area contributed by atoms with E-state index in [1.54, 1.807) is 18.3 Å². The second kappa shape index (κ2) is 7.80. The molecule has 2 N–H and O–H groups in total. The Balaban J connectivity index is 1.31. The van der Waals surface area contributed by atoms with E-state index in [9.17, 15) is 4.79 Å². The van der Waals surface area contributed by atoms with Gasteiger partial charge in [-0.3, -0.25) is 4.79 Å². The summed E-state index contributed by atoms with van der Waals surface area (Å²) in [6.07, 6.45) is 7.06. The van der Waals surface area contributed by atoms with Gasteiger partial charge in [0.15, 0.2) is 0 Å². The van der Waals surface area contributed by atoms with Crippen molar-refractivity contribution in [3.63, 3.8) is 0 Å². The van der Waals surface area contributed by atoms with Gasteiger partial charge in [0.2, 0.25) is 5.88 Å². The van der Waals surface area contributed by atoms with Crippen molar-refractivity contribution >= 4 is 5.91 Å². The van der Waals surface area contributed by atoms with Gasteiger partial charge in [0.1, 0.15) is 17.7 Å². The van der Waals surface area contributed by atoms with Crippen LogP contribution in [0.5, 0.6) is 5.88 Å². The van der Waals surface area contributed by atoms with Crippen LogP contribution in [-0.2, 0) is 13.1 Å². The summed E-state index contributed by atoms with van der Waals surface area (Å²) in [5.41, 5.74) is 2.29. The number of ether oxygens (including phenoxy) is 1. The lowest BCUT2D eigenvalue weighted by molar-refractivity contribution is 0.0888. The van der Waals surface area contributed by atoms with Crippen LogP contribution in [0.4, 0.5) is 0 Å². The zero-order chi connectivity index (χ0) is 18.6. The Hall–Kier alpha value is -2.85. The van der Waals surface area contributed by atoms with Gasteiger partial charge >= 0.3 is 0 Å². The second-order valence-electron chi connectivity index (χ2n) is 7.08. The van der Waals surface area contributed by atoms with Crippen molar-refractivity contribution in [2.75, 3.05) is 6.54 Å². The van der Waals surface area contributed by atoms with Crippen LogP contribution < -0.4 is 15.4 Å². The molecule has 7 nitrogen and oxygen atoms in total. The molecule has 2 aliphatic rings. The number of amides is 1. The molecule has 1 aliphatic heterocycles. The van der Waals surface area contributed by atoms with Crippen molar-refractivity contribution in [3.05, 3.63) is 47.4 Å². The van der Waals surface area contributed by atoms with E-state index in [1.165, 1.54) is 0 Å². The van der Waals surface area contributed by atoms with Crippen LogP contribution in [0.25, 0.3) is 0 Å². The maximum atomic E-state index is 12.7. The van der Waals surface area contributed by atoms with Gasteiger partial charge in [-0.25, -0.2) is 4.98 Å². The minimum absolute atomic E-state index is 0.00770. The van der Waals surface area contributed by atoms with E-state index in [4.69, 9.17) is 10.00 Å². The third-order valence-electron chi connectivity index (χ3n) is 5.32. The Morgan fingerprint density at radius 2 is 2.19 bits per heavy atom. The molecule has 0 bridgehead atoms. The molecular formula is C20H23N5O2. The molecular weight excluding hydrogens is 342 g/mol. The van der Waals surface area contributed by atoms with Crippen LogP contribution in [0.3, 0.4) is 0 Å². The molecule has 0 aromatic carbocycles. The highest BCUT2D eigenvalue weighted by Crippen LogP contribution is 2.25. The number of nitrogens with one attached hydrogen (secondary N) is 2. The van der Waals surface area contributed by atoms with Crippen LogP contribution in [0.2, 0.25) is 0 Å². The third-order valence-corrected chi connectivity index (χ3v) is 5.32. The average Bonchev–Trinajstić information content (AvgIpc) is 3.14. The lowest BCUT2D eigenvalue weighted by Gasteiger charge is -2.29. The van der Waals surface area contributed by atoms with Gasteiger partial charge in [0.05, 0.1) is 5.56 Å². The predicted octanol–water partition coefficient (Wildman–Crippen LogP) is 1.98. The van der Waals surface area contributed by atoms with E-state index in [0.717, 1.165) is 56.6 Å². The fourth-order valence-corrected chi connectivity index (χ4v) is 3.84. The Kier molecular flexibility index (Phi) is 5.07. The Morgan fingerprint density at radius 3 is 3.00 bits per heavy atom. The molecule has 1 fully saturated rings. The number of rotatable bonds is 4. The smallest absolute Gasteiger partial charge is 0.253 e. The number of carbonyl (C=O) groups is 1. The topological polar surface area (TPSA) is 92.0 Å². The fraction of sp³-hybridized carbons (Fsp3) is 0.450. The summed E-state index contributed by atoms with van der Waals surface area (Å²) in [5.74, 6) is 0.411. The predicted molar refractivity (Wildman–Crippen MR) is 99.2 cm³/mol. The fourth-order valence-electron chi connectivity index (χ4n) is 3.84. The molecule has 1 amide bonds.